The number of amides is 1. The number of imidazole rings is 1. The molecule has 36 heavy (non-hydrogen) atoms. The van der Waals surface area contributed by atoms with Crippen molar-refractivity contribution in [2.24, 2.45) is 0 Å². The molecular weight excluding hydrogens is 464 g/mol. The van der Waals surface area contributed by atoms with E-state index in [4.69, 9.17) is 4.74 Å². The largest absolute Gasteiger partial charge is 0.872 e. The van der Waals surface area contributed by atoms with Gasteiger partial charge in [-0.2, -0.15) is 0 Å². The number of benzene rings is 2. The lowest BCUT2D eigenvalue weighted by atomic mass is 9.95. The van der Waals surface area contributed by atoms with Gasteiger partial charge in [0.15, 0.2) is 0 Å². The van der Waals surface area contributed by atoms with Crippen molar-refractivity contribution in [1.82, 2.24) is 9.88 Å². The summed E-state index contributed by atoms with van der Waals surface area (Å²) in [5.74, 6) is -1.69. The maximum atomic E-state index is 13.5. The Balaban J connectivity index is 1.70. The zero-order valence-electron chi connectivity index (χ0n) is 19.3. The zero-order valence-corrected chi connectivity index (χ0v) is 19.3. The highest BCUT2D eigenvalue weighted by molar-refractivity contribution is 6.46. The number of Topliss-reactive ketones (excluding diaryl/α,β-unsaturated/α-hetero) is 1. The molecule has 4 rings (SSSR count). The molecule has 0 aliphatic carbocycles. The van der Waals surface area contributed by atoms with Crippen LogP contribution in [0.25, 0.3) is 5.76 Å². The molecular formula is C26H24N4O6. The van der Waals surface area contributed by atoms with Crippen LogP contribution in [0.4, 0.5) is 5.69 Å². The number of nitro benzene ring substituents is 1. The van der Waals surface area contributed by atoms with Crippen molar-refractivity contribution in [1.29, 1.82) is 0 Å². The number of aromatic nitrogens is 2. The topological polar surface area (TPSA) is 132 Å². The molecule has 3 aromatic rings. The summed E-state index contributed by atoms with van der Waals surface area (Å²) >= 11 is 0. The number of nitrogens with one attached hydrogen (secondary N) is 1. The van der Waals surface area contributed by atoms with E-state index in [1.807, 2.05) is 10.8 Å². The first-order valence-electron chi connectivity index (χ1n) is 11.3. The summed E-state index contributed by atoms with van der Waals surface area (Å²) in [4.78, 5) is 41.0. The van der Waals surface area contributed by atoms with Gasteiger partial charge < -0.3 is 14.7 Å². The van der Waals surface area contributed by atoms with Crippen LogP contribution in [0.15, 0.2) is 85.5 Å². The number of aromatic amines is 1. The quantitative estimate of drug-likeness (QED) is 0.0884. The maximum absolute atomic E-state index is 13.5. The summed E-state index contributed by atoms with van der Waals surface area (Å²) in [6.45, 7) is 4.69. The van der Waals surface area contributed by atoms with Crippen molar-refractivity contribution >= 4 is 23.1 Å². The van der Waals surface area contributed by atoms with Crippen molar-refractivity contribution in [3.63, 3.8) is 0 Å². The van der Waals surface area contributed by atoms with Gasteiger partial charge in [0.25, 0.3) is 11.6 Å². The van der Waals surface area contributed by atoms with Crippen LogP contribution >= 0.6 is 0 Å². The molecule has 2 aromatic carbocycles. The highest BCUT2D eigenvalue weighted by Gasteiger charge is 2.44. The van der Waals surface area contributed by atoms with Crippen LogP contribution in [0.5, 0.6) is 5.75 Å². The fourth-order valence-corrected chi connectivity index (χ4v) is 4.12. The number of ether oxygens (including phenoxy) is 1. The smallest absolute Gasteiger partial charge is 0.295 e. The van der Waals surface area contributed by atoms with Gasteiger partial charge in [-0.3, -0.25) is 24.7 Å². The van der Waals surface area contributed by atoms with Gasteiger partial charge in [0.1, 0.15) is 24.8 Å². The van der Waals surface area contributed by atoms with Gasteiger partial charge in [-0.15, -0.1) is 0 Å². The molecule has 10 heteroatoms. The summed E-state index contributed by atoms with van der Waals surface area (Å²) in [5, 5.41) is 24.6. The molecule has 2 heterocycles. The van der Waals surface area contributed by atoms with Gasteiger partial charge in [0.05, 0.1) is 17.5 Å². The second-order valence-electron chi connectivity index (χ2n) is 8.15. The SMILES string of the molecule is C=CCOc1ccc(/C([O-])=C2\C(=O)C(=O)N(CCC[n+]3cc[nH]c3)C2c2ccc([N+](=O)[O-])cc2)cc1. The maximum Gasteiger partial charge on any atom is 0.295 e. The van der Waals surface area contributed by atoms with Crippen molar-refractivity contribution < 1.29 is 28.9 Å². The molecule has 1 aliphatic rings. The summed E-state index contributed by atoms with van der Waals surface area (Å²) in [7, 11) is 0. The van der Waals surface area contributed by atoms with Gasteiger partial charge >= 0.3 is 0 Å². The Morgan fingerprint density at radius 2 is 1.89 bits per heavy atom. The Morgan fingerprint density at radius 1 is 1.17 bits per heavy atom. The van der Waals surface area contributed by atoms with Gasteiger partial charge in [-0.05, 0) is 35.4 Å². The molecule has 1 aromatic heterocycles. The number of non-ortho nitro benzene ring substituents is 1. The Bertz CT molecular complexity index is 1300. The molecule has 1 aliphatic heterocycles. The summed E-state index contributed by atoms with van der Waals surface area (Å²) in [5.41, 5.74) is 0.368. The van der Waals surface area contributed by atoms with Gasteiger partial charge in [-0.1, -0.05) is 30.5 Å². The summed E-state index contributed by atoms with van der Waals surface area (Å²) in [6.07, 6.45) is 7.50. The Hall–Kier alpha value is -4.73. The Kier molecular flexibility index (Phi) is 7.24. The minimum atomic E-state index is -0.953. The van der Waals surface area contributed by atoms with Gasteiger partial charge in [-0.25, -0.2) is 4.57 Å². The standard InChI is InChI=1S/C26H24N4O6/c1-2-16-36-21-10-6-19(7-11-21)24(31)22-23(18-4-8-20(9-5-18)30(34)35)29(26(33)25(22)32)14-3-13-28-15-12-27-17-28/h2,4-12,15,17,23H,1,3,13-14,16H2,(H,31,32). The molecule has 1 saturated heterocycles. The van der Waals surface area contributed by atoms with Crippen molar-refractivity contribution in [3.05, 3.63) is 107 Å². The predicted octanol–water partition coefficient (Wildman–Crippen LogP) is 2.09. The minimum absolute atomic E-state index is 0.132. The second-order valence-corrected chi connectivity index (χ2v) is 8.15. The van der Waals surface area contributed by atoms with Crippen molar-refractivity contribution in [3.8, 4) is 5.75 Å². The van der Waals surface area contributed by atoms with Crippen LogP contribution in [0.1, 0.15) is 23.6 Å². The number of H-pyrrole nitrogens is 1. The lowest BCUT2D eigenvalue weighted by Gasteiger charge is -2.27. The first kappa shape index (κ1) is 24.4. The van der Waals surface area contributed by atoms with E-state index < -0.39 is 28.4 Å². The third-order valence-corrected chi connectivity index (χ3v) is 5.85. The fourth-order valence-electron chi connectivity index (χ4n) is 4.12. The molecule has 1 atom stereocenters. The molecule has 1 unspecified atom stereocenters. The number of hydrogen-bond acceptors (Lipinski definition) is 6. The zero-order chi connectivity index (χ0) is 25.7. The van der Waals surface area contributed by atoms with E-state index in [0.717, 1.165) is 0 Å². The number of nitro groups is 1. The number of rotatable bonds is 10. The number of likely N-dealkylation sites (tertiary alicyclic amines) is 1. The van der Waals surface area contributed by atoms with Gasteiger partial charge in [0.2, 0.25) is 12.1 Å². The highest BCUT2D eigenvalue weighted by Crippen LogP contribution is 2.39. The van der Waals surface area contributed by atoms with E-state index >= 15 is 0 Å². The lowest BCUT2D eigenvalue weighted by Crippen LogP contribution is -2.36. The van der Waals surface area contributed by atoms with E-state index in [-0.39, 0.29) is 23.4 Å². The fraction of sp³-hybridized carbons (Fsp3) is 0.192. The average molecular weight is 489 g/mol. The molecule has 1 N–H and O–H groups in total. The average Bonchev–Trinajstić information content (AvgIpc) is 3.50. The number of ketones is 1. The normalized spacial score (nSPS) is 16.8. The molecule has 0 bridgehead atoms. The first-order valence-corrected chi connectivity index (χ1v) is 11.3. The number of carbonyl (C=O) groups is 2. The van der Waals surface area contributed by atoms with Crippen LogP contribution < -0.4 is 14.4 Å². The van der Waals surface area contributed by atoms with E-state index in [2.05, 4.69) is 11.6 Å². The summed E-state index contributed by atoms with van der Waals surface area (Å²) in [6, 6.07) is 10.9. The Morgan fingerprint density at radius 3 is 2.50 bits per heavy atom. The number of carbonyl (C=O) groups excluding carboxylic acids is 2. The van der Waals surface area contributed by atoms with Gasteiger partial charge in [0, 0.05) is 30.7 Å². The van der Waals surface area contributed by atoms with E-state index in [9.17, 15) is 24.8 Å². The lowest BCUT2D eigenvalue weighted by molar-refractivity contribution is -0.695. The molecule has 184 valence electrons. The molecule has 1 fully saturated rings. The van der Waals surface area contributed by atoms with E-state index in [1.54, 1.807) is 30.7 Å². The predicted molar refractivity (Wildman–Crippen MR) is 127 cm³/mol. The van der Waals surface area contributed by atoms with Crippen LogP contribution in [0, 0.1) is 10.1 Å². The number of hydrogen-bond donors (Lipinski definition) is 1. The van der Waals surface area contributed by atoms with Crippen LogP contribution in [0.2, 0.25) is 0 Å². The molecule has 0 spiro atoms. The van der Waals surface area contributed by atoms with Crippen LogP contribution in [0.3, 0.4) is 0 Å². The van der Waals surface area contributed by atoms with Crippen molar-refractivity contribution in [2.45, 2.75) is 19.0 Å². The molecule has 10 nitrogen and oxygen atoms in total. The number of aryl methyl sites for hydroxylation is 1. The van der Waals surface area contributed by atoms with Crippen LogP contribution in [-0.4, -0.2) is 39.6 Å². The van der Waals surface area contributed by atoms with Crippen LogP contribution in [-0.2, 0) is 16.1 Å². The molecule has 0 radical (unpaired) electrons. The monoisotopic (exact) mass is 488 g/mol. The molecule has 1 amide bonds. The molecule has 0 saturated carbocycles. The Labute approximate surface area is 206 Å². The minimum Gasteiger partial charge on any atom is -0.872 e. The second kappa shape index (κ2) is 10.7. The van der Waals surface area contributed by atoms with E-state index in [0.29, 0.717) is 30.9 Å². The third kappa shape index (κ3) is 5.02. The highest BCUT2D eigenvalue weighted by atomic mass is 16.6. The third-order valence-electron chi connectivity index (χ3n) is 5.85. The van der Waals surface area contributed by atoms with E-state index in [1.165, 1.54) is 41.3 Å². The summed E-state index contributed by atoms with van der Waals surface area (Å²) < 4.78 is 7.34. The number of nitrogens with zero attached hydrogens (tertiary/aromatic N) is 3. The van der Waals surface area contributed by atoms with Crippen molar-refractivity contribution in [2.75, 3.05) is 13.2 Å². The first-order chi connectivity index (χ1) is 17.4.